The third kappa shape index (κ3) is 2.24. The Bertz CT molecular complexity index is 157. The minimum Gasteiger partial charge on any atom is -0.290 e. The van der Waals surface area contributed by atoms with Gasteiger partial charge in [0.25, 0.3) is 0 Å². The first-order chi connectivity index (χ1) is 5.38. The quantitative estimate of drug-likeness (QED) is 0.545. The number of nitrogens with zero attached hydrogens (tertiary/aromatic N) is 1. The van der Waals surface area contributed by atoms with E-state index in [1.54, 1.807) is 0 Å². The van der Waals surface area contributed by atoms with Crippen molar-refractivity contribution in [1.29, 1.82) is 0 Å². The third-order valence-corrected chi connectivity index (χ3v) is 2.28. The van der Waals surface area contributed by atoms with Gasteiger partial charge in [-0.05, 0) is 39.3 Å². The van der Waals surface area contributed by atoms with Crippen LogP contribution in [0.4, 0.5) is 0 Å². The van der Waals surface area contributed by atoms with E-state index in [0.717, 1.165) is 0 Å². The number of hydrogen-bond donors (Lipinski definition) is 0. The smallest absolute Gasteiger partial charge is 0.0711 e. The maximum absolute atomic E-state index is 3.25. The SMILES string of the molecule is CC#CC(CC)N1CCCC1. The first-order valence-corrected chi connectivity index (χ1v) is 4.54. The van der Waals surface area contributed by atoms with Gasteiger partial charge in [-0.2, -0.15) is 0 Å². The summed E-state index contributed by atoms with van der Waals surface area (Å²) >= 11 is 0. The van der Waals surface area contributed by atoms with Gasteiger partial charge in [-0.15, -0.1) is 5.92 Å². The second kappa shape index (κ2) is 4.41. The van der Waals surface area contributed by atoms with E-state index in [-0.39, 0.29) is 0 Å². The van der Waals surface area contributed by atoms with Gasteiger partial charge < -0.3 is 0 Å². The molecule has 1 unspecified atom stereocenters. The molecule has 0 aliphatic carbocycles. The highest BCUT2D eigenvalue weighted by molar-refractivity contribution is 5.06. The maximum atomic E-state index is 3.25. The summed E-state index contributed by atoms with van der Waals surface area (Å²) in [5.41, 5.74) is 0. The number of hydrogen-bond acceptors (Lipinski definition) is 1. The maximum Gasteiger partial charge on any atom is 0.0711 e. The fourth-order valence-electron chi connectivity index (χ4n) is 1.67. The van der Waals surface area contributed by atoms with Gasteiger partial charge in [0, 0.05) is 0 Å². The highest BCUT2D eigenvalue weighted by Crippen LogP contribution is 2.12. The zero-order valence-corrected chi connectivity index (χ0v) is 7.56. The van der Waals surface area contributed by atoms with Gasteiger partial charge in [0.2, 0.25) is 0 Å². The molecule has 1 nitrogen and oxygen atoms in total. The summed E-state index contributed by atoms with van der Waals surface area (Å²) < 4.78 is 0. The van der Waals surface area contributed by atoms with Crippen molar-refractivity contribution in [2.24, 2.45) is 0 Å². The van der Waals surface area contributed by atoms with Gasteiger partial charge in [0.1, 0.15) is 0 Å². The van der Waals surface area contributed by atoms with Crippen molar-refractivity contribution >= 4 is 0 Å². The van der Waals surface area contributed by atoms with Crippen LogP contribution in [-0.2, 0) is 0 Å². The lowest BCUT2D eigenvalue weighted by Gasteiger charge is -2.20. The number of likely N-dealkylation sites (tertiary alicyclic amines) is 1. The first-order valence-electron chi connectivity index (χ1n) is 4.54. The van der Waals surface area contributed by atoms with Crippen LogP contribution in [0.25, 0.3) is 0 Å². The molecular formula is C10H17N. The monoisotopic (exact) mass is 151 g/mol. The molecule has 0 bridgehead atoms. The van der Waals surface area contributed by atoms with Gasteiger partial charge in [0.15, 0.2) is 0 Å². The molecule has 0 radical (unpaired) electrons. The lowest BCUT2D eigenvalue weighted by atomic mass is 10.2. The second-order valence-corrected chi connectivity index (χ2v) is 3.06. The summed E-state index contributed by atoms with van der Waals surface area (Å²) in [7, 11) is 0. The Hall–Kier alpha value is -0.480. The van der Waals surface area contributed by atoms with Gasteiger partial charge in [-0.3, -0.25) is 4.90 Å². The molecule has 1 atom stereocenters. The molecule has 11 heavy (non-hydrogen) atoms. The summed E-state index contributed by atoms with van der Waals surface area (Å²) in [5, 5.41) is 0. The van der Waals surface area contributed by atoms with Crippen molar-refractivity contribution in [3.8, 4) is 11.8 Å². The van der Waals surface area contributed by atoms with E-state index in [0.29, 0.717) is 6.04 Å². The van der Waals surface area contributed by atoms with E-state index in [1.807, 2.05) is 6.92 Å². The molecule has 1 saturated heterocycles. The van der Waals surface area contributed by atoms with Crippen molar-refractivity contribution < 1.29 is 0 Å². The Labute approximate surface area is 69.8 Å². The van der Waals surface area contributed by atoms with Crippen LogP contribution in [0.2, 0.25) is 0 Å². The minimum absolute atomic E-state index is 0.530. The average Bonchev–Trinajstić information content (AvgIpc) is 2.52. The normalized spacial score (nSPS) is 20.9. The summed E-state index contributed by atoms with van der Waals surface area (Å²) in [6.45, 7) is 6.66. The van der Waals surface area contributed by atoms with Crippen LogP contribution < -0.4 is 0 Å². The summed E-state index contributed by atoms with van der Waals surface area (Å²) in [4.78, 5) is 2.50. The molecule has 0 aromatic heterocycles. The predicted molar refractivity (Wildman–Crippen MR) is 48.3 cm³/mol. The van der Waals surface area contributed by atoms with Gasteiger partial charge >= 0.3 is 0 Å². The molecule has 1 fully saturated rings. The number of rotatable bonds is 2. The zero-order valence-electron chi connectivity index (χ0n) is 7.56. The first kappa shape index (κ1) is 8.62. The molecule has 62 valence electrons. The van der Waals surface area contributed by atoms with Crippen molar-refractivity contribution in [1.82, 2.24) is 4.90 Å². The van der Waals surface area contributed by atoms with Crippen LogP contribution in [0.15, 0.2) is 0 Å². The lowest BCUT2D eigenvalue weighted by Crippen LogP contribution is -2.30. The third-order valence-electron chi connectivity index (χ3n) is 2.28. The van der Waals surface area contributed by atoms with Crippen LogP contribution in [0.1, 0.15) is 33.1 Å². The molecule has 1 rings (SSSR count). The van der Waals surface area contributed by atoms with E-state index >= 15 is 0 Å². The van der Waals surface area contributed by atoms with Gasteiger partial charge in [-0.1, -0.05) is 12.8 Å². The topological polar surface area (TPSA) is 3.24 Å². The fourth-order valence-corrected chi connectivity index (χ4v) is 1.67. The molecule has 0 spiro atoms. The van der Waals surface area contributed by atoms with E-state index in [2.05, 4.69) is 23.7 Å². The van der Waals surface area contributed by atoms with E-state index in [1.165, 1.54) is 32.4 Å². The minimum atomic E-state index is 0.530. The largest absolute Gasteiger partial charge is 0.290 e. The summed E-state index contributed by atoms with van der Waals surface area (Å²) in [5.74, 6) is 6.25. The Kier molecular flexibility index (Phi) is 3.45. The Morgan fingerprint density at radius 1 is 1.36 bits per heavy atom. The van der Waals surface area contributed by atoms with E-state index in [4.69, 9.17) is 0 Å². The van der Waals surface area contributed by atoms with Crippen LogP contribution >= 0.6 is 0 Å². The molecular weight excluding hydrogens is 134 g/mol. The highest BCUT2D eigenvalue weighted by atomic mass is 15.2. The Balaban J connectivity index is 2.44. The lowest BCUT2D eigenvalue weighted by molar-refractivity contribution is 0.286. The Morgan fingerprint density at radius 2 is 2.00 bits per heavy atom. The standard InChI is InChI=1S/C10H17N/c1-3-7-10(4-2)11-8-5-6-9-11/h10H,4-6,8-9H2,1-2H3. The Morgan fingerprint density at radius 3 is 2.45 bits per heavy atom. The van der Waals surface area contributed by atoms with Crippen LogP contribution in [-0.4, -0.2) is 24.0 Å². The van der Waals surface area contributed by atoms with Gasteiger partial charge in [0.05, 0.1) is 6.04 Å². The molecule has 1 heterocycles. The summed E-state index contributed by atoms with van der Waals surface area (Å²) in [6, 6.07) is 0.530. The van der Waals surface area contributed by atoms with E-state index < -0.39 is 0 Å². The second-order valence-electron chi connectivity index (χ2n) is 3.06. The van der Waals surface area contributed by atoms with Crippen molar-refractivity contribution in [3.05, 3.63) is 0 Å². The van der Waals surface area contributed by atoms with E-state index in [9.17, 15) is 0 Å². The molecule has 0 aromatic rings. The van der Waals surface area contributed by atoms with Crippen LogP contribution in [0.3, 0.4) is 0 Å². The van der Waals surface area contributed by atoms with Crippen molar-refractivity contribution in [2.75, 3.05) is 13.1 Å². The zero-order chi connectivity index (χ0) is 8.10. The van der Waals surface area contributed by atoms with Crippen molar-refractivity contribution in [3.63, 3.8) is 0 Å². The average molecular weight is 151 g/mol. The highest BCUT2D eigenvalue weighted by Gasteiger charge is 2.17. The molecule has 0 amide bonds. The van der Waals surface area contributed by atoms with Gasteiger partial charge in [-0.25, -0.2) is 0 Å². The molecule has 0 N–H and O–H groups in total. The predicted octanol–water partition coefficient (Wildman–Crippen LogP) is 1.88. The van der Waals surface area contributed by atoms with Crippen LogP contribution in [0, 0.1) is 11.8 Å². The molecule has 1 aliphatic heterocycles. The molecule has 1 heteroatoms. The summed E-state index contributed by atoms with van der Waals surface area (Å²) in [6.07, 6.45) is 3.89. The van der Waals surface area contributed by atoms with Crippen LogP contribution in [0.5, 0.6) is 0 Å². The molecule has 0 aromatic carbocycles. The molecule has 1 aliphatic rings. The molecule has 0 saturated carbocycles. The fraction of sp³-hybridized carbons (Fsp3) is 0.800. The van der Waals surface area contributed by atoms with Crippen molar-refractivity contribution in [2.45, 2.75) is 39.2 Å².